The minimum atomic E-state index is -0.158. The molecule has 17 heavy (non-hydrogen) atoms. The van der Waals surface area contributed by atoms with Gasteiger partial charge in [0.2, 0.25) is 0 Å². The summed E-state index contributed by atoms with van der Waals surface area (Å²) < 4.78 is 0. The van der Waals surface area contributed by atoms with Crippen molar-refractivity contribution in [3.63, 3.8) is 0 Å². The summed E-state index contributed by atoms with van der Waals surface area (Å²) in [5.74, 6) is 0.588. The molecule has 90 valence electrons. The Morgan fingerprint density at radius 3 is 2.88 bits per heavy atom. The Bertz CT molecular complexity index is 429. The predicted octanol–water partition coefficient (Wildman–Crippen LogP) is 4.44. The molecule has 1 nitrogen and oxygen atoms in total. The zero-order valence-electron chi connectivity index (χ0n) is 10.9. The maximum Gasteiger partial charge on any atom is 0.0686 e. The van der Waals surface area contributed by atoms with Gasteiger partial charge in [-0.2, -0.15) is 5.26 Å². The van der Waals surface area contributed by atoms with Crippen molar-refractivity contribution >= 4 is 0 Å². The van der Waals surface area contributed by atoms with Gasteiger partial charge in [0.25, 0.3) is 0 Å². The third kappa shape index (κ3) is 2.52. The Balaban J connectivity index is 2.22. The fraction of sp³-hybridized carbons (Fsp3) is 0.562. The first-order valence-electron chi connectivity index (χ1n) is 6.67. The van der Waals surface area contributed by atoms with E-state index < -0.39 is 0 Å². The molecule has 0 saturated carbocycles. The molecule has 0 aromatic heterocycles. The molecule has 1 aromatic rings. The number of nitriles is 1. The molecule has 2 atom stereocenters. The van der Waals surface area contributed by atoms with Gasteiger partial charge < -0.3 is 0 Å². The fourth-order valence-electron chi connectivity index (χ4n) is 2.88. The summed E-state index contributed by atoms with van der Waals surface area (Å²) in [6, 6.07) is 11.3. The average molecular weight is 227 g/mol. The van der Waals surface area contributed by atoms with Crippen LogP contribution in [0.3, 0.4) is 0 Å². The highest BCUT2D eigenvalue weighted by atomic mass is 14.4. The van der Waals surface area contributed by atoms with Crippen LogP contribution >= 0.6 is 0 Å². The van der Waals surface area contributed by atoms with E-state index in [4.69, 9.17) is 0 Å². The number of nitrogens with zero attached hydrogens (tertiary/aromatic N) is 1. The Morgan fingerprint density at radius 2 is 2.18 bits per heavy atom. The van der Waals surface area contributed by atoms with Crippen LogP contribution in [0.5, 0.6) is 0 Å². The molecule has 1 heteroatoms. The first kappa shape index (κ1) is 12.2. The summed E-state index contributed by atoms with van der Waals surface area (Å²) in [5.41, 5.74) is 2.84. The first-order chi connectivity index (χ1) is 8.18. The molecule has 1 aromatic carbocycles. The average Bonchev–Trinajstić information content (AvgIpc) is 2.39. The van der Waals surface area contributed by atoms with E-state index in [1.54, 1.807) is 0 Å². The molecule has 0 saturated heterocycles. The molecule has 2 unspecified atom stereocenters. The van der Waals surface area contributed by atoms with Crippen molar-refractivity contribution in [2.45, 2.75) is 51.9 Å². The molecule has 0 bridgehead atoms. The highest BCUT2D eigenvalue weighted by molar-refractivity contribution is 5.33. The van der Waals surface area contributed by atoms with Gasteiger partial charge in [-0.25, -0.2) is 0 Å². The summed E-state index contributed by atoms with van der Waals surface area (Å²) >= 11 is 0. The number of rotatable bonds is 3. The number of hydrogen-bond acceptors (Lipinski definition) is 1. The maximum atomic E-state index is 9.31. The second-order valence-corrected chi connectivity index (χ2v) is 5.52. The van der Waals surface area contributed by atoms with Gasteiger partial charge in [-0.1, -0.05) is 31.2 Å². The molecule has 0 amide bonds. The van der Waals surface area contributed by atoms with Gasteiger partial charge in [-0.15, -0.1) is 0 Å². The second kappa shape index (κ2) is 4.92. The normalized spacial score (nSPS) is 22.3. The zero-order valence-corrected chi connectivity index (χ0v) is 10.9. The molecular weight excluding hydrogens is 206 g/mol. The monoisotopic (exact) mass is 227 g/mol. The largest absolute Gasteiger partial charge is 0.198 e. The molecule has 0 radical (unpaired) electrons. The summed E-state index contributed by atoms with van der Waals surface area (Å²) in [4.78, 5) is 0. The van der Waals surface area contributed by atoms with Crippen LogP contribution in [-0.4, -0.2) is 0 Å². The topological polar surface area (TPSA) is 23.8 Å². The van der Waals surface area contributed by atoms with Gasteiger partial charge >= 0.3 is 0 Å². The van der Waals surface area contributed by atoms with E-state index in [2.05, 4.69) is 44.2 Å². The van der Waals surface area contributed by atoms with Crippen LogP contribution in [0.2, 0.25) is 0 Å². The van der Waals surface area contributed by atoms with Gasteiger partial charge in [0, 0.05) is 0 Å². The quantitative estimate of drug-likeness (QED) is 0.749. The highest BCUT2D eigenvalue weighted by Crippen LogP contribution is 2.40. The van der Waals surface area contributed by atoms with Crippen LogP contribution in [-0.2, 0) is 6.42 Å². The minimum absolute atomic E-state index is 0.158. The summed E-state index contributed by atoms with van der Waals surface area (Å²) in [6.45, 7) is 4.22. The van der Waals surface area contributed by atoms with Gasteiger partial charge in [-0.3, -0.25) is 0 Å². The van der Waals surface area contributed by atoms with Crippen molar-refractivity contribution in [3.8, 4) is 6.07 Å². The van der Waals surface area contributed by atoms with E-state index in [9.17, 15) is 5.26 Å². The maximum absolute atomic E-state index is 9.31. The van der Waals surface area contributed by atoms with E-state index in [0.29, 0.717) is 5.92 Å². The summed E-state index contributed by atoms with van der Waals surface area (Å²) in [7, 11) is 0. The summed E-state index contributed by atoms with van der Waals surface area (Å²) in [6.07, 6.45) is 5.68. The van der Waals surface area contributed by atoms with Crippen LogP contribution in [0.15, 0.2) is 24.3 Å². The number of hydrogen-bond donors (Lipinski definition) is 0. The third-order valence-corrected chi connectivity index (χ3v) is 4.24. The molecule has 2 rings (SSSR count). The number of fused-ring (bicyclic) bond motifs is 1. The smallest absolute Gasteiger partial charge is 0.0686 e. The third-order valence-electron chi connectivity index (χ3n) is 4.24. The molecule has 0 spiro atoms. The molecule has 0 fully saturated rings. The number of aryl methyl sites for hydroxylation is 1. The Morgan fingerprint density at radius 1 is 1.41 bits per heavy atom. The first-order valence-corrected chi connectivity index (χ1v) is 6.67. The lowest BCUT2D eigenvalue weighted by Gasteiger charge is -2.31. The lowest BCUT2D eigenvalue weighted by atomic mass is 9.72. The predicted molar refractivity (Wildman–Crippen MR) is 70.7 cm³/mol. The van der Waals surface area contributed by atoms with Crippen molar-refractivity contribution in [1.82, 2.24) is 0 Å². The molecule has 1 aliphatic rings. The molecule has 1 aliphatic carbocycles. The SMILES string of the molecule is CCC(C)(C#N)CC1CCCc2ccccc21. The molecular formula is C16H21N. The van der Waals surface area contributed by atoms with Gasteiger partial charge in [0.05, 0.1) is 11.5 Å². The molecule has 0 heterocycles. The lowest BCUT2D eigenvalue weighted by molar-refractivity contribution is 0.333. The van der Waals surface area contributed by atoms with Crippen molar-refractivity contribution in [2.75, 3.05) is 0 Å². The fourth-order valence-corrected chi connectivity index (χ4v) is 2.88. The van der Waals surface area contributed by atoms with Crippen LogP contribution in [0.25, 0.3) is 0 Å². The van der Waals surface area contributed by atoms with Crippen LogP contribution in [0.4, 0.5) is 0 Å². The molecule has 0 N–H and O–H groups in total. The van der Waals surface area contributed by atoms with E-state index in [1.807, 2.05) is 0 Å². The Hall–Kier alpha value is -1.29. The van der Waals surface area contributed by atoms with Crippen molar-refractivity contribution in [2.24, 2.45) is 5.41 Å². The Labute approximate surface area is 104 Å². The van der Waals surface area contributed by atoms with Crippen LogP contribution in [0, 0.1) is 16.7 Å². The van der Waals surface area contributed by atoms with Crippen molar-refractivity contribution in [1.29, 1.82) is 5.26 Å². The highest BCUT2D eigenvalue weighted by Gasteiger charge is 2.29. The zero-order chi connectivity index (χ0) is 12.3. The lowest BCUT2D eigenvalue weighted by Crippen LogP contribution is -2.20. The number of benzene rings is 1. The van der Waals surface area contributed by atoms with Crippen LogP contribution in [0.1, 0.15) is 56.6 Å². The second-order valence-electron chi connectivity index (χ2n) is 5.52. The van der Waals surface area contributed by atoms with Gasteiger partial charge in [-0.05, 0) is 56.1 Å². The standard InChI is InChI=1S/C16H21N/c1-3-16(2,12-17)11-14-9-6-8-13-7-4-5-10-15(13)14/h4-5,7,10,14H,3,6,8-9,11H2,1-2H3. The van der Waals surface area contributed by atoms with Gasteiger partial charge in [0.1, 0.15) is 0 Å². The van der Waals surface area contributed by atoms with E-state index in [0.717, 1.165) is 12.8 Å². The minimum Gasteiger partial charge on any atom is -0.198 e. The Kier molecular flexibility index (Phi) is 3.52. The van der Waals surface area contributed by atoms with Gasteiger partial charge in [0.15, 0.2) is 0 Å². The summed E-state index contributed by atoms with van der Waals surface area (Å²) in [5, 5.41) is 9.31. The van der Waals surface area contributed by atoms with E-state index in [1.165, 1.54) is 30.4 Å². The van der Waals surface area contributed by atoms with Crippen molar-refractivity contribution in [3.05, 3.63) is 35.4 Å². The van der Waals surface area contributed by atoms with E-state index >= 15 is 0 Å². The van der Waals surface area contributed by atoms with Crippen molar-refractivity contribution < 1.29 is 0 Å². The van der Waals surface area contributed by atoms with E-state index in [-0.39, 0.29) is 5.41 Å². The molecule has 0 aliphatic heterocycles. The van der Waals surface area contributed by atoms with Crippen LogP contribution < -0.4 is 0 Å².